The number of hydrogen-bond acceptors (Lipinski definition) is 2. The van der Waals surface area contributed by atoms with Gasteiger partial charge in [-0.25, -0.2) is 0 Å². The molecule has 0 bridgehead atoms. The van der Waals surface area contributed by atoms with Gasteiger partial charge in [0.05, 0.1) is 0 Å². The molecule has 2 atom stereocenters. The van der Waals surface area contributed by atoms with E-state index >= 15 is 0 Å². The molecule has 0 radical (unpaired) electrons. The average Bonchev–Trinajstić information content (AvgIpc) is 2.18. The molecule has 0 spiro atoms. The lowest BCUT2D eigenvalue weighted by Crippen LogP contribution is -2.40. The van der Waals surface area contributed by atoms with E-state index in [-0.39, 0.29) is 13.9 Å². The number of ether oxygens (including phenoxy) is 1. The van der Waals surface area contributed by atoms with E-state index in [9.17, 15) is 4.79 Å². The standard InChI is InChI=1S/C11H21NO2.H2/c1-3-9-5-4-6-10(7-9)12-11(13)8-14-2;/h9-10H,3-8H2,1-2H3,(H,12,13);1H/t9-,10-;/m1./s1. The van der Waals surface area contributed by atoms with E-state index in [0.29, 0.717) is 6.04 Å². The van der Waals surface area contributed by atoms with Crippen molar-refractivity contribution in [3.05, 3.63) is 0 Å². The van der Waals surface area contributed by atoms with Gasteiger partial charge in [0.1, 0.15) is 6.61 Å². The second kappa shape index (κ2) is 6.02. The number of methoxy groups -OCH3 is 1. The molecule has 0 saturated heterocycles. The molecule has 1 fully saturated rings. The number of nitrogens with one attached hydrogen (secondary N) is 1. The molecule has 0 heterocycles. The van der Waals surface area contributed by atoms with Crippen LogP contribution in [0.15, 0.2) is 0 Å². The van der Waals surface area contributed by atoms with Crippen molar-refractivity contribution >= 4 is 5.91 Å². The highest BCUT2D eigenvalue weighted by atomic mass is 16.5. The summed E-state index contributed by atoms with van der Waals surface area (Å²) in [4.78, 5) is 11.3. The zero-order valence-corrected chi connectivity index (χ0v) is 9.21. The Morgan fingerprint density at radius 1 is 1.57 bits per heavy atom. The maximum absolute atomic E-state index is 11.3. The maximum atomic E-state index is 11.3. The van der Waals surface area contributed by atoms with Crippen LogP contribution in [0.2, 0.25) is 0 Å². The van der Waals surface area contributed by atoms with Crippen molar-refractivity contribution in [2.24, 2.45) is 5.92 Å². The molecule has 1 rings (SSSR count). The van der Waals surface area contributed by atoms with E-state index in [1.807, 2.05) is 0 Å². The zero-order valence-electron chi connectivity index (χ0n) is 9.21. The fourth-order valence-corrected chi connectivity index (χ4v) is 2.19. The van der Waals surface area contributed by atoms with E-state index in [4.69, 9.17) is 4.74 Å². The number of hydrogen-bond donors (Lipinski definition) is 1. The lowest BCUT2D eigenvalue weighted by Gasteiger charge is -2.28. The van der Waals surface area contributed by atoms with Crippen molar-refractivity contribution in [1.82, 2.24) is 5.32 Å². The molecule has 0 aliphatic heterocycles. The minimum atomic E-state index is 0. The topological polar surface area (TPSA) is 38.3 Å². The summed E-state index contributed by atoms with van der Waals surface area (Å²) < 4.78 is 4.79. The summed E-state index contributed by atoms with van der Waals surface area (Å²) in [5, 5.41) is 3.02. The summed E-state index contributed by atoms with van der Waals surface area (Å²) >= 11 is 0. The highest BCUT2D eigenvalue weighted by molar-refractivity contribution is 5.77. The molecule has 1 aliphatic carbocycles. The molecular formula is C11H23NO2. The first kappa shape index (κ1) is 11.5. The van der Waals surface area contributed by atoms with Crippen molar-refractivity contribution in [2.45, 2.75) is 45.1 Å². The maximum Gasteiger partial charge on any atom is 0.246 e. The smallest absolute Gasteiger partial charge is 0.246 e. The molecule has 0 unspecified atom stereocenters. The molecule has 3 nitrogen and oxygen atoms in total. The SMILES string of the molecule is CC[C@@H]1CCC[C@@H](NC(=O)COC)C1.[HH]. The molecular weight excluding hydrogens is 178 g/mol. The van der Waals surface area contributed by atoms with Crippen LogP contribution in [0.3, 0.4) is 0 Å². The molecule has 0 aromatic carbocycles. The second-order valence-electron chi connectivity index (χ2n) is 4.14. The van der Waals surface area contributed by atoms with Crippen molar-refractivity contribution in [1.29, 1.82) is 0 Å². The highest BCUT2D eigenvalue weighted by Gasteiger charge is 2.21. The molecule has 0 aromatic heterocycles. The third kappa shape index (κ3) is 3.66. The van der Waals surface area contributed by atoms with Gasteiger partial charge in [0.25, 0.3) is 0 Å². The first-order valence-corrected chi connectivity index (χ1v) is 5.54. The summed E-state index contributed by atoms with van der Waals surface area (Å²) in [5.74, 6) is 0.825. The molecule has 1 saturated carbocycles. The fourth-order valence-electron chi connectivity index (χ4n) is 2.19. The van der Waals surface area contributed by atoms with Gasteiger partial charge in [0, 0.05) is 14.6 Å². The lowest BCUT2D eigenvalue weighted by molar-refractivity contribution is -0.125. The van der Waals surface area contributed by atoms with Gasteiger partial charge in [-0.3, -0.25) is 4.79 Å². The Balaban J connectivity index is 0.00000196. The molecule has 84 valence electrons. The van der Waals surface area contributed by atoms with Gasteiger partial charge in [-0.15, -0.1) is 0 Å². The Labute approximate surface area is 87.7 Å². The Morgan fingerprint density at radius 2 is 2.36 bits per heavy atom. The molecule has 1 aliphatic rings. The van der Waals surface area contributed by atoms with Gasteiger partial charge in [0.15, 0.2) is 0 Å². The predicted octanol–water partition coefficient (Wildman–Crippen LogP) is 1.96. The van der Waals surface area contributed by atoms with Gasteiger partial charge in [-0.05, 0) is 18.8 Å². The third-order valence-corrected chi connectivity index (χ3v) is 3.00. The monoisotopic (exact) mass is 201 g/mol. The van der Waals surface area contributed by atoms with E-state index in [0.717, 1.165) is 18.8 Å². The van der Waals surface area contributed by atoms with Crippen LogP contribution >= 0.6 is 0 Å². The minimum absolute atomic E-state index is 0. The molecule has 0 aromatic rings. The first-order chi connectivity index (χ1) is 6.76. The Bertz CT molecular complexity index is 187. The first-order valence-electron chi connectivity index (χ1n) is 5.54. The van der Waals surface area contributed by atoms with Crippen LogP contribution < -0.4 is 5.32 Å². The van der Waals surface area contributed by atoms with Gasteiger partial charge < -0.3 is 10.1 Å². The Kier molecular flexibility index (Phi) is 4.94. The van der Waals surface area contributed by atoms with E-state index in [2.05, 4.69) is 12.2 Å². The van der Waals surface area contributed by atoms with Crippen LogP contribution in [0.5, 0.6) is 0 Å². The quantitative estimate of drug-likeness (QED) is 0.755. The van der Waals surface area contributed by atoms with Gasteiger partial charge in [0.2, 0.25) is 5.91 Å². The van der Waals surface area contributed by atoms with Crippen LogP contribution in [0.4, 0.5) is 0 Å². The van der Waals surface area contributed by atoms with E-state index in [1.165, 1.54) is 19.3 Å². The van der Waals surface area contributed by atoms with Crippen LogP contribution in [0.1, 0.15) is 40.5 Å². The van der Waals surface area contributed by atoms with Gasteiger partial charge in [-0.2, -0.15) is 0 Å². The molecule has 3 heteroatoms. The summed E-state index contributed by atoms with van der Waals surface area (Å²) in [7, 11) is 1.55. The number of amides is 1. The zero-order chi connectivity index (χ0) is 10.4. The van der Waals surface area contributed by atoms with Crippen LogP contribution in [-0.2, 0) is 9.53 Å². The van der Waals surface area contributed by atoms with Crippen molar-refractivity contribution in [3.63, 3.8) is 0 Å². The fraction of sp³-hybridized carbons (Fsp3) is 0.909. The largest absolute Gasteiger partial charge is 0.375 e. The molecule has 14 heavy (non-hydrogen) atoms. The van der Waals surface area contributed by atoms with Gasteiger partial charge >= 0.3 is 0 Å². The Morgan fingerprint density at radius 3 is 3.00 bits per heavy atom. The summed E-state index contributed by atoms with van der Waals surface area (Å²) in [6, 6.07) is 0.386. The number of rotatable bonds is 4. The van der Waals surface area contributed by atoms with Crippen LogP contribution in [-0.4, -0.2) is 25.7 Å². The third-order valence-electron chi connectivity index (χ3n) is 3.00. The van der Waals surface area contributed by atoms with Crippen LogP contribution in [0, 0.1) is 5.92 Å². The van der Waals surface area contributed by atoms with E-state index < -0.39 is 0 Å². The van der Waals surface area contributed by atoms with E-state index in [1.54, 1.807) is 7.11 Å². The van der Waals surface area contributed by atoms with Crippen molar-refractivity contribution in [3.8, 4) is 0 Å². The Hall–Kier alpha value is -0.570. The normalized spacial score (nSPS) is 27.3. The molecule has 1 amide bonds. The van der Waals surface area contributed by atoms with Crippen LogP contribution in [0.25, 0.3) is 0 Å². The summed E-state index contributed by atoms with van der Waals surface area (Å²) in [5.41, 5.74) is 0. The summed E-state index contributed by atoms with van der Waals surface area (Å²) in [6.07, 6.45) is 6.08. The average molecular weight is 201 g/mol. The van der Waals surface area contributed by atoms with Crippen molar-refractivity contribution in [2.75, 3.05) is 13.7 Å². The molecule has 1 N–H and O–H groups in total. The predicted molar refractivity (Wildman–Crippen MR) is 58.2 cm³/mol. The number of carbonyl (C=O) groups excluding carboxylic acids is 1. The highest BCUT2D eigenvalue weighted by Crippen LogP contribution is 2.26. The number of carbonyl (C=O) groups is 1. The summed E-state index contributed by atoms with van der Waals surface area (Å²) in [6.45, 7) is 2.41. The van der Waals surface area contributed by atoms with Gasteiger partial charge in [-0.1, -0.05) is 26.2 Å². The lowest BCUT2D eigenvalue weighted by atomic mass is 9.84. The minimum Gasteiger partial charge on any atom is -0.375 e. The second-order valence-corrected chi connectivity index (χ2v) is 4.14. The van der Waals surface area contributed by atoms with Crippen molar-refractivity contribution < 1.29 is 11.0 Å².